The van der Waals surface area contributed by atoms with Gasteiger partial charge in [0, 0.05) is 25.9 Å². The third kappa shape index (κ3) is 13.6. The van der Waals surface area contributed by atoms with Crippen LogP contribution in [0.1, 0.15) is 88.7 Å². The molecule has 0 saturated heterocycles. The molecule has 3 amide bonds. The van der Waals surface area contributed by atoms with Crippen molar-refractivity contribution in [1.82, 2.24) is 41.6 Å². The molecule has 4 atom stereocenters. The Labute approximate surface area is 313 Å². The third-order valence-corrected chi connectivity index (χ3v) is 9.08. The van der Waals surface area contributed by atoms with Crippen LogP contribution in [0.25, 0.3) is 5.57 Å². The number of rotatable bonds is 20. The van der Waals surface area contributed by atoms with Gasteiger partial charge in [-0.2, -0.15) is 0 Å². The van der Waals surface area contributed by atoms with Gasteiger partial charge >= 0.3 is 0 Å². The number of benzene rings is 2. The maximum Gasteiger partial charge on any atom is 0.245 e. The normalized spacial score (nSPS) is 13.7. The number of nitrogens with zero attached hydrogens (tertiary/aromatic N) is 3. The van der Waals surface area contributed by atoms with Gasteiger partial charge < -0.3 is 26.6 Å². The van der Waals surface area contributed by atoms with Gasteiger partial charge in [0.15, 0.2) is 11.7 Å². The summed E-state index contributed by atoms with van der Waals surface area (Å²) in [4.78, 5) is 53.6. The molecular formula is C40H57N9O4. The second-order valence-corrected chi connectivity index (χ2v) is 13.9. The van der Waals surface area contributed by atoms with Gasteiger partial charge in [0.25, 0.3) is 0 Å². The molecule has 0 radical (unpaired) electrons. The molecule has 2 aromatic carbocycles. The predicted molar refractivity (Wildman–Crippen MR) is 208 cm³/mol. The lowest BCUT2D eigenvalue weighted by molar-refractivity contribution is -0.132. The number of Topliss-reactive ketones (excluding diaryl/α,β-unsaturated/α-hetero) is 1. The fraction of sp³-hybridized carbons (Fsp3) is 0.475. The summed E-state index contributed by atoms with van der Waals surface area (Å²) in [5, 5.41) is 30.7. The van der Waals surface area contributed by atoms with Crippen LogP contribution < -0.4 is 26.6 Å². The molecule has 0 saturated carbocycles. The fourth-order valence-electron chi connectivity index (χ4n) is 5.99. The van der Waals surface area contributed by atoms with Gasteiger partial charge in [-0.1, -0.05) is 86.7 Å². The molecule has 6 N–H and O–H groups in total. The molecule has 3 rings (SSSR count). The van der Waals surface area contributed by atoms with Crippen LogP contribution in [0.4, 0.5) is 0 Å². The minimum Gasteiger partial charge on any atom is -0.360 e. The number of hydrogen-bond donors (Lipinski definition) is 6. The minimum atomic E-state index is -0.967. The van der Waals surface area contributed by atoms with E-state index in [0.717, 1.165) is 22.3 Å². The lowest BCUT2D eigenvalue weighted by Crippen LogP contribution is -2.52. The quantitative estimate of drug-likeness (QED) is 0.0568. The maximum atomic E-state index is 14.0. The number of aromatic nitrogens is 3. The zero-order valence-electron chi connectivity index (χ0n) is 32.2. The highest BCUT2D eigenvalue weighted by atomic mass is 16.2. The van der Waals surface area contributed by atoms with Crippen LogP contribution in [0.3, 0.4) is 0 Å². The van der Waals surface area contributed by atoms with Crippen molar-refractivity contribution in [3.05, 3.63) is 89.3 Å². The van der Waals surface area contributed by atoms with Crippen LogP contribution >= 0.6 is 0 Å². The van der Waals surface area contributed by atoms with Gasteiger partial charge in [0.1, 0.15) is 17.8 Å². The number of carbonyl (C=O) groups is 4. The Morgan fingerprint density at radius 3 is 2.23 bits per heavy atom. The minimum absolute atomic E-state index is 0.101. The van der Waals surface area contributed by atoms with Crippen molar-refractivity contribution in [1.29, 1.82) is 5.41 Å². The van der Waals surface area contributed by atoms with E-state index in [-0.39, 0.29) is 42.5 Å². The van der Waals surface area contributed by atoms with Crippen LogP contribution in [0.15, 0.2) is 66.9 Å². The van der Waals surface area contributed by atoms with Crippen LogP contribution in [0, 0.1) is 24.2 Å². The highest BCUT2D eigenvalue weighted by molar-refractivity contribution is 5.93. The van der Waals surface area contributed by atoms with Crippen molar-refractivity contribution in [2.45, 2.75) is 98.3 Å². The molecule has 13 nitrogen and oxygen atoms in total. The molecule has 0 spiro atoms. The molecule has 0 aliphatic heterocycles. The highest BCUT2D eigenvalue weighted by Crippen LogP contribution is 2.24. The van der Waals surface area contributed by atoms with E-state index >= 15 is 0 Å². The second kappa shape index (κ2) is 21.3. The molecule has 1 aromatic heterocycles. The summed E-state index contributed by atoms with van der Waals surface area (Å²) >= 11 is 0. The van der Waals surface area contributed by atoms with Crippen molar-refractivity contribution in [3.8, 4) is 0 Å². The van der Waals surface area contributed by atoms with Crippen LogP contribution in [0.5, 0.6) is 0 Å². The first-order valence-electron chi connectivity index (χ1n) is 18.4. The summed E-state index contributed by atoms with van der Waals surface area (Å²) in [5.74, 6) is -1.21. The van der Waals surface area contributed by atoms with E-state index in [1.807, 2.05) is 95.3 Å². The fourth-order valence-corrected chi connectivity index (χ4v) is 5.99. The van der Waals surface area contributed by atoms with E-state index in [0.29, 0.717) is 37.9 Å². The van der Waals surface area contributed by atoms with Gasteiger partial charge in [0.05, 0.1) is 18.8 Å². The summed E-state index contributed by atoms with van der Waals surface area (Å²) in [6, 6.07) is 15.1. The van der Waals surface area contributed by atoms with Crippen LogP contribution in [-0.4, -0.2) is 70.1 Å². The smallest absolute Gasteiger partial charge is 0.245 e. The van der Waals surface area contributed by atoms with E-state index in [4.69, 9.17) is 5.41 Å². The zero-order chi connectivity index (χ0) is 38.9. The molecule has 13 heteroatoms. The van der Waals surface area contributed by atoms with E-state index in [1.165, 1.54) is 11.6 Å². The number of aryl methyl sites for hydroxylation is 1. The summed E-state index contributed by atoms with van der Waals surface area (Å²) in [7, 11) is 1.63. The van der Waals surface area contributed by atoms with Gasteiger partial charge in [-0.15, -0.1) is 5.10 Å². The number of hydrogen-bond acceptors (Lipinski definition) is 7. The molecular weight excluding hydrogens is 670 g/mol. The molecule has 0 bridgehead atoms. The Hall–Kier alpha value is -5.33. The van der Waals surface area contributed by atoms with Gasteiger partial charge in [-0.25, -0.2) is 4.68 Å². The van der Waals surface area contributed by atoms with E-state index in [2.05, 4.69) is 36.9 Å². The average Bonchev–Trinajstić information content (AvgIpc) is 3.61. The van der Waals surface area contributed by atoms with E-state index in [9.17, 15) is 19.2 Å². The van der Waals surface area contributed by atoms with Crippen molar-refractivity contribution in [2.24, 2.45) is 11.8 Å². The van der Waals surface area contributed by atoms with Crippen molar-refractivity contribution >= 4 is 35.0 Å². The van der Waals surface area contributed by atoms with Crippen LogP contribution in [0.2, 0.25) is 0 Å². The molecule has 0 fully saturated rings. The predicted octanol–water partition coefficient (Wildman–Crippen LogP) is 4.24. The Bertz CT molecular complexity index is 1700. The van der Waals surface area contributed by atoms with Crippen LogP contribution in [-0.2, 0) is 32.1 Å². The monoisotopic (exact) mass is 727 g/mol. The number of ketones is 1. The average molecular weight is 728 g/mol. The number of carbonyl (C=O) groups excluding carboxylic acids is 4. The Kier molecular flexibility index (Phi) is 16.9. The molecule has 286 valence electrons. The first kappa shape index (κ1) is 42.1. The molecule has 0 aliphatic rings. The maximum absolute atomic E-state index is 14.0. The van der Waals surface area contributed by atoms with E-state index in [1.54, 1.807) is 13.2 Å². The molecule has 53 heavy (non-hydrogen) atoms. The highest BCUT2D eigenvalue weighted by Gasteiger charge is 2.30. The van der Waals surface area contributed by atoms with Crippen molar-refractivity contribution in [2.75, 3.05) is 13.6 Å². The number of nitrogens with one attached hydrogen (secondary N) is 6. The third-order valence-electron chi connectivity index (χ3n) is 9.08. The summed E-state index contributed by atoms with van der Waals surface area (Å²) < 4.78 is 1.48. The number of amides is 3. The Balaban J connectivity index is 1.75. The second-order valence-electron chi connectivity index (χ2n) is 13.9. The number of allylic oxidation sites excluding steroid dienone is 1. The van der Waals surface area contributed by atoms with Crippen molar-refractivity contribution in [3.63, 3.8) is 0 Å². The molecule has 0 unspecified atom stereocenters. The molecule has 0 aliphatic carbocycles. The lowest BCUT2D eigenvalue weighted by atomic mass is 9.93. The lowest BCUT2D eigenvalue weighted by Gasteiger charge is -2.26. The summed E-state index contributed by atoms with van der Waals surface area (Å²) in [6.07, 6.45) is 5.63. The largest absolute Gasteiger partial charge is 0.360 e. The zero-order valence-corrected chi connectivity index (χ0v) is 32.2. The number of guanidine groups is 1. The first-order valence-corrected chi connectivity index (χ1v) is 18.4. The summed E-state index contributed by atoms with van der Waals surface area (Å²) in [5.41, 5.74) is 4.57. The SMILES string of the molecule is C/C=C(/C[C@H](NC(=O)[C@H](CCCNC(=N)NC)NC(=O)[C@H](CC(C)C)n1cc(CNC(=O)[C@@H](C)Cc2ccccc2)nn1)C(C)=O)c1ccccc1C. The summed E-state index contributed by atoms with van der Waals surface area (Å²) in [6.45, 7) is 11.8. The first-order chi connectivity index (χ1) is 25.3. The van der Waals surface area contributed by atoms with Gasteiger partial charge in [-0.3, -0.25) is 24.6 Å². The Morgan fingerprint density at radius 1 is 0.906 bits per heavy atom. The topological polar surface area (TPSA) is 183 Å². The standard InChI is InChI=1S/C40H57N9O4/c1-8-31(33-18-13-12-15-27(33)4)23-35(29(6)50)46-38(52)34(19-14-20-43-40(41)42-7)45-39(53)36(21-26(2)3)49-25-32(47-48-49)24-44-37(51)28(5)22-30-16-10-9-11-17-30/h8-13,15-18,25-26,28,34-36H,14,19-24H2,1-7H3,(H,44,51)(H,45,53)(H,46,52)(H3,41,42,43)/b31-8-/t28-,34-,35-,36-/m0/s1. The molecule has 3 aromatic rings. The van der Waals surface area contributed by atoms with Gasteiger partial charge in [0.2, 0.25) is 17.7 Å². The van der Waals surface area contributed by atoms with Crippen molar-refractivity contribution < 1.29 is 19.2 Å². The molecule has 1 heterocycles. The Morgan fingerprint density at radius 2 is 1.58 bits per heavy atom. The van der Waals surface area contributed by atoms with E-state index < -0.39 is 29.9 Å². The van der Waals surface area contributed by atoms with Gasteiger partial charge in [-0.05, 0) is 74.6 Å².